The van der Waals surface area contributed by atoms with Crippen molar-refractivity contribution in [2.24, 2.45) is 16.6 Å². The molecule has 0 unspecified atom stereocenters. The summed E-state index contributed by atoms with van der Waals surface area (Å²) in [4.78, 5) is 8.59. The SMILES string of the molecule is CC(C)CCNC(N)=NCc1ccc(OCCOc2ccccc2)nc1.I. The topological polar surface area (TPSA) is 81.8 Å². The monoisotopic (exact) mass is 484 g/mol. The fraction of sp³-hybridized carbons (Fsp3) is 0.400. The number of benzene rings is 1. The molecule has 0 aliphatic carbocycles. The fourth-order valence-electron chi connectivity index (χ4n) is 2.13. The Morgan fingerprint density at radius 3 is 2.52 bits per heavy atom. The molecule has 0 atom stereocenters. The van der Waals surface area contributed by atoms with E-state index in [4.69, 9.17) is 15.2 Å². The summed E-state index contributed by atoms with van der Waals surface area (Å²) in [6.07, 6.45) is 2.82. The zero-order valence-electron chi connectivity index (χ0n) is 15.9. The molecule has 0 saturated carbocycles. The van der Waals surface area contributed by atoms with E-state index in [-0.39, 0.29) is 24.0 Å². The summed E-state index contributed by atoms with van der Waals surface area (Å²) in [5.41, 5.74) is 6.82. The third-order valence-electron chi connectivity index (χ3n) is 3.60. The molecule has 3 N–H and O–H groups in total. The predicted octanol–water partition coefficient (Wildman–Crippen LogP) is 3.61. The number of aromatic nitrogens is 1. The van der Waals surface area contributed by atoms with Gasteiger partial charge in [-0.25, -0.2) is 9.98 Å². The van der Waals surface area contributed by atoms with E-state index in [9.17, 15) is 0 Å². The highest BCUT2D eigenvalue weighted by atomic mass is 127. The van der Waals surface area contributed by atoms with E-state index in [0.29, 0.717) is 37.5 Å². The van der Waals surface area contributed by atoms with Crippen LogP contribution in [0.4, 0.5) is 0 Å². The molecule has 148 valence electrons. The van der Waals surface area contributed by atoms with Crippen LogP contribution in [-0.4, -0.2) is 30.7 Å². The molecule has 2 aromatic rings. The van der Waals surface area contributed by atoms with Crippen molar-refractivity contribution >= 4 is 29.9 Å². The molecular weight excluding hydrogens is 455 g/mol. The smallest absolute Gasteiger partial charge is 0.213 e. The molecule has 0 bridgehead atoms. The van der Waals surface area contributed by atoms with Gasteiger partial charge in [0.15, 0.2) is 5.96 Å². The van der Waals surface area contributed by atoms with Crippen LogP contribution in [0.2, 0.25) is 0 Å². The molecule has 0 amide bonds. The Hall–Kier alpha value is -2.03. The van der Waals surface area contributed by atoms with Gasteiger partial charge in [0, 0.05) is 18.8 Å². The van der Waals surface area contributed by atoms with Gasteiger partial charge in [-0.05, 0) is 30.0 Å². The first-order valence-electron chi connectivity index (χ1n) is 8.93. The van der Waals surface area contributed by atoms with Gasteiger partial charge in [0.2, 0.25) is 5.88 Å². The lowest BCUT2D eigenvalue weighted by molar-refractivity contribution is 0.212. The maximum Gasteiger partial charge on any atom is 0.213 e. The highest BCUT2D eigenvalue weighted by molar-refractivity contribution is 14.0. The Labute approximate surface area is 178 Å². The molecule has 0 aliphatic heterocycles. The van der Waals surface area contributed by atoms with Crippen LogP contribution in [0.5, 0.6) is 11.6 Å². The maximum absolute atomic E-state index is 5.85. The summed E-state index contributed by atoms with van der Waals surface area (Å²) >= 11 is 0. The first-order chi connectivity index (χ1) is 12.6. The number of hydrogen-bond acceptors (Lipinski definition) is 4. The number of pyridine rings is 1. The molecular formula is C20H29IN4O2. The van der Waals surface area contributed by atoms with Crippen LogP contribution in [0.15, 0.2) is 53.7 Å². The Balaban J connectivity index is 0.00000364. The second-order valence-corrected chi connectivity index (χ2v) is 6.33. The maximum atomic E-state index is 5.85. The summed E-state index contributed by atoms with van der Waals surface area (Å²) < 4.78 is 11.1. The van der Waals surface area contributed by atoms with Gasteiger partial charge in [0.25, 0.3) is 0 Å². The van der Waals surface area contributed by atoms with Crippen molar-refractivity contribution in [2.45, 2.75) is 26.8 Å². The molecule has 0 spiro atoms. The number of guanidine groups is 1. The van der Waals surface area contributed by atoms with Crippen LogP contribution in [0.1, 0.15) is 25.8 Å². The molecule has 2 rings (SSSR count). The summed E-state index contributed by atoms with van der Waals surface area (Å²) in [5.74, 6) is 2.50. The van der Waals surface area contributed by atoms with Crippen molar-refractivity contribution < 1.29 is 9.47 Å². The number of para-hydroxylation sites is 1. The quantitative estimate of drug-likeness (QED) is 0.233. The van der Waals surface area contributed by atoms with Crippen molar-refractivity contribution in [3.05, 3.63) is 54.2 Å². The fourth-order valence-corrected chi connectivity index (χ4v) is 2.13. The minimum absolute atomic E-state index is 0. The van der Waals surface area contributed by atoms with Crippen molar-refractivity contribution in [2.75, 3.05) is 19.8 Å². The van der Waals surface area contributed by atoms with E-state index in [1.54, 1.807) is 6.20 Å². The molecule has 0 radical (unpaired) electrons. The number of hydrogen-bond donors (Lipinski definition) is 2. The van der Waals surface area contributed by atoms with Gasteiger partial charge in [-0.2, -0.15) is 0 Å². The van der Waals surface area contributed by atoms with Crippen LogP contribution in [0.3, 0.4) is 0 Å². The van der Waals surface area contributed by atoms with Crippen LogP contribution in [-0.2, 0) is 6.54 Å². The van der Waals surface area contributed by atoms with Gasteiger partial charge in [0.05, 0.1) is 6.54 Å². The third-order valence-corrected chi connectivity index (χ3v) is 3.60. The van der Waals surface area contributed by atoms with Crippen LogP contribution < -0.4 is 20.5 Å². The van der Waals surface area contributed by atoms with E-state index < -0.39 is 0 Å². The predicted molar refractivity (Wildman–Crippen MR) is 120 cm³/mol. The van der Waals surface area contributed by atoms with E-state index in [1.165, 1.54) is 0 Å². The molecule has 1 aromatic carbocycles. The van der Waals surface area contributed by atoms with E-state index >= 15 is 0 Å². The Morgan fingerprint density at radius 1 is 1.11 bits per heavy atom. The van der Waals surface area contributed by atoms with E-state index in [2.05, 4.69) is 29.1 Å². The second-order valence-electron chi connectivity index (χ2n) is 6.33. The van der Waals surface area contributed by atoms with Gasteiger partial charge in [-0.1, -0.05) is 38.1 Å². The minimum Gasteiger partial charge on any atom is -0.490 e. The molecule has 0 saturated heterocycles. The number of nitrogens with two attached hydrogens (primary N) is 1. The molecule has 1 aromatic heterocycles. The normalized spacial score (nSPS) is 11.0. The number of halogens is 1. The van der Waals surface area contributed by atoms with E-state index in [0.717, 1.165) is 24.3 Å². The van der Waals surface area contributed by atoms with Crippen molar-refractivity contribution in [1.82, 2.24) is 10.3 Å². The molecule has 27 heavy (non-hydrogen) atoms. The Morgan fingerprint density at radius 2 is 1.85 bits per heavy atom. The van der Waals surface area contributed by atoms with Gasteiger partial charge in [-0.3, -0.25) is 0 Å². The zero-order valence-corrected chi connectivity index (χ0v) is 18.3. The van der Waals surface area contributed by atoms with Crippen molar-refractivity contribution in [3.63, 3.8) is 0 Å². The van der Waals surface area contributed by atoms with Crippen molar-refractivity contribution in [1.29, 1.82) is 0 Å². The van der Waals surface area contributed by atoms with Gasteiger partial charge in [0.1, 0.15) is 19.0 Å². The van der Waals surface area contributed by atoms with E-state index in [1.807, 2.05) is 42.5 Å². The highest BCUT2D eigenvalue weighted by Crippen LogP contribution is 2.10. The van der Waals surface area contributed by atoms with Crippen molar-refractivity contribution in [3.8, 4) is 11.6 Å². The lowest BCUT2D eigenvalue weighted by Gasteiger charge is -2.08. The molecule has 1 heterocycles. The third kappa shape index (κ3) is 10.0. The number of aliphatic imine (C=N–C) groups is 1. The van der Waals surface area contributed by atoms with Gasteiger partial charge < -0.3 is 20.5 Å². The Kier molecular flexibility index (Phi) is 11.2. The van der Waals surface area contributed by atoms with Gasteiger partial charge in [-0.15, -0.1) is 24.0 Å². The zero-order chi connectivity index (χ0) is 18.6. The number of nitrogens with zero attached hydrogens (tertiary/aromatic N) is 2. The summed E-state index contributed by atoms with van der Waals surface area (Å²) in [5, 5.41) is 3.11. The number of rotatable bonds is 10. The number of nitrogens with one attached hydrogen (secondary N) is 1. The first-order valence-corrected chi connectivity index (χ1v) is 8.93. The second kappa shape index (κ2) is 13.2. The average molecular weight is 484 g/mol. The lowest BCUT2D eigenvalue weighted by atomic mass is 10.1. The molecule has 6 nitrogen and oxygen atoms in total. The number of ether oxygens (including phenoxy) is 2. The standard InChI is InChI=1S/C20H28N4O2.HI/c1-16(2)10-11-22-20(21)24-15-17-8-9-19(23-14-17)26-13-12-25-18-6-4-3-5-7-18;/h3-9,14,16H,10-13,15H2,1-2H3,(H3,21,22,24);1H. The summed E-state index contributed by atoms with van der Waals surface area (Å²) in [6.45, 7) is 6.59. The first kappa shape index (κ1) is 23.0. The molecule has 0 fully saturated rings. The molecule has 7 heteroatoms. The summed E-state index contributed by atoms with van der Waals surface area (Å²) in [6, 6.07) is 13.4. The van der Waals surface area contributed by atoms with Crippen LogP contribution in [0, 0.1) is 5.92 Å². The highest BCUT2D eigenvalue weighted by Gasteiger charge is 1.99. The van der Waals surface area contributed by atoms with Crippen LogP contribution >= 0.6 is 24.0 Å². The largest absolute Gasteiger partial charge is 0.490 e. The lowest BCUT2D eigenvalue weighted by Crippen LogP contribution is -2.32. The Bertz CT molecular complexity index is 663. The average Bonchev–Trinajstić information content (AvgIpc) is 2.65. The molecule has 0 aliphatic rings. The minimum atomic E-state index is 0. The summed E-state index contributed by atoms with van der Waals surface area (Å²) in [7, 11) is 0. The van der Waals surface area contributed by atoms with Gasteiger partial charge >= 0.3 is 0 Å². The van der Waals surface area contributed by atoms with Crippen LogP contribution in [0.25, 0.3) is 0 Å².